The van der Waals surface area contributed by atoms with Gasteiger partial charge in [-0.15, -0.1) is 13.2 Å². The molecule has 1 aromatic rings. The number of hydrogen-bond donors (Lipinski definition) is 3. The van der Waals surface area contributed by atoms with E-state index < -0.39 is 11.2 Å². The van der Waals surface area contributed by atoms with Gasteiger partial charge in [0.05, 0.1) is 0 Å². The average Bonchev–Trinajstić information content (AvgIpc) is 2.53. The van der Waals surface area contributed by atoms with Crippen LogP contribution >= 0.6 is 48.0 Å². The lowest BCUT2D eigenvalue weighted by atomic mass is 9.95. The lowest BCUT2D eigenvalue weighted by molar-refractivity contribution is -0.214. The van der Waals surface area contributed by atoms with Crippen LogP contribution in [0, 0.1) is 0 Å². The lowest BCUT2D eigenvalue weighted by Gasteiger charge is -2.33. The third kappa shape index (κ3) is 7.47. The Morgan fingerprint density at radius 1 is 1.24 bits per heavy atom. The van der Waals surface area contributed by atoms with Crippen LogP contribution in [0.25, 0.3) is 0 Å². The smallest absolute Gasteiger partial charge is 0.197 e. The maximum Gasteiger partial charge on any atom is 0.197 e. The standard InChI is InChI=1S/C17H22N2O2S4/c1-3-7-12-8-5-6-9-13(12)17(20,10-4-2)21-14(25-16(19)23)11-24-15(18)22/h3-6,8-9,14,20H,1-2,7,10-11H2,(H2,18,22)(H2,19,23). The Morgan fingerprint density at radius 2 is 1.92 bits per heavy atom. The summed E-state index contributed by atoms with van der Waals surface area (Å²) in [6.07, 6.45) is 4.19. The number of aliphatic hydroxyl groups is 1. The van der Waals surface area contributed by atoms with Gasteiger partial charge in [0, 0.05) is 17.7 Å². The third-order valence-electron chi connectivity index (χ3n) is 3.16. The Kier molecular flexibility index (Phi) is 9.70. The summed E-state index contributed by atoms with van der Waals surface area (Å²) >= 11 is 12.2. The number of ether oxygens (including phenoxy) is 1. The van der Waals surface area contributed by atoms with Crippen molar-refractivity contribution in [1.29, 1.82) is 0 Å². The maximum atomic E-state index is 11.2. The van der Waals surface area contributed by atoms with E-state index in [4.69, 9.17) is 40.6 Å². The summed E-state index contributed by atoms with van der Waals surface area (Å²) in [6, 6.07) is 7.50. The quantitative estimate of drug-likeness (QED) is 0.305. The van der Waals surface area contributed by atoms with Gasteiger partial charge in [-0.05, 0) is 12.0 Å². The Bertz CT molecular complexity index is 639. The monoisotopic (exact) mass is 414 g/mol. The predicted molar refractivity (Wildman–Crippen MR) is 118 cm³/mol. The summed E-state index contributed by atoms with van der Waals surface area (Å²) in [5.41, 5.74) is 12.2. The molecule has 2 atom stereocenters. The van der Waals surface area contributed by atoms with E-state index in [1.54, 1.807) is 12.2 Å². The second-order valence-electron chi connectivity index (χ2n) is 5.04. The first-order valence-electron chi connectivity index (χ1n) is 7.41. The van der Waals surface area contributed by atoms with Gasteiger partial charge in [-0.1, -0.05) is 84.4 Å². The molecule has 5 N–H and O–H groups in total. The summed E-state index contributed by atoms with van der Waals surface area (Å²) in [4.78, 5) is 0. The minimum Gasteiger partial charge on any atom is -0.385 e. The molecule has 136 valence electrons. The van der Waals surface area contributed by atoms with Crippen LogP contribution in [0.4, 0.5) is 0 Å². The molecule has 0 aromatic heterocycles. The molecule has 0 aliphatic heterocycles. The molecule has 0 heterocycles. The maximum absolute atomic E-state index is 11.2. The molecule has 0 amide bonds. The molecule has 0 spiro atoms. The van der Waals surface area contributed by atoms with Crippen LogP contribution in [0.1, 0.15) is 17.5 Å². The number of benzene rings is 1. The van der Waals surface area contributed by atoms with Crippen molar-refractivity contribution in [1.82, 2.24) is 0 Å². The van der Waals surface area contributed by atoms with Crippen LogP contribution in [0.15, 0.2) is 49.6 Å². The molecule has 0 fully saturated rings. The van der Waals surface area contributed by atoms with Crippen molar-refractivity contribution in [3.63, 3.8) is 0 Å². The Hall–Kier alpha value is -0.900. The van der Waals surface area contributed by atoms with Crippen LogP contribution in [-0.4, -0.2) is 24.9 Å². The first-order valence-corrected chi connectivity index (χ1v) is 10.1. The highest BCUT2D eigenvalue weighted by molar-refractivity contribution is 8.25. The van der Waals surface area contributed by atoms with E-state index in [2.05, 4.69) is 13.2 Å². The SMILES string of the molecule is C=CCc1ccccc1C(O)(CC=C)OC(CSC(N)=S)SC(N)=S. The van der Waals surface area contributed by atoms with Crippen molar-refractivity contribution in [2.24, 2.45) is 11.5 Å². The molecule has 0 saturated carbocycles. The molecule has 1 rings (SSSR count). The van der Waals surface area contributed by atoms with E-state index in [0.29, 0.717) is 17.7 Å². The van der Waals surface area contributed by atoms with Gasteiger partial charge in [0.25, 0.3) is 0 Å². The van der Waals surface area contributed by atoms with Crippen molar-refractivity contribution < 1.29 is 9.84 Å². The van der Waals surface area contributed by atoms with Crippen LogP contribution < -0.4 is 11.5 Å². The molecular formula is C17H22N2O2S4. The molecular weight excluding hydrogens is 392 g/mol. The first kappa shape index (κ1) is 22.1. The summed E-state index contributed by atoms with van der Waals surface area (Å²) in [5.74, 6) is -1.17. The summed E-state index contributed by atoms with van der Waals surface area (Å²) in [7, 11) is 0. The minimum atomic E-state index is -1.57. The van der Waals surface area contributed by atoms with Gasteiger partial charge in [0.15, 0.2) is 5.79 Å². The average molecular weight is 415 g/mol. The van der Waals surface area contributed by atoms with Crippen LogP contribution in [-0.2, 0) is 16.9 Å². The van der Waals surface area contributed by atoms with Gasteiger partial charge in [0.1, 0.15) is 14.1 Å². The molecule has 0 aliphatic carbocycles. The van der Waals surface area contributed by atoms with E-state index in [1.165, 1.54) is 11.8 Å². The van der Waals surface area contributed by atoms with E-state index >= 15 is 0 Å². The van der Waals surface area contributed by atoms with Gasteiger partial charge in [0.2, 0.25) is 0 Å². The largest absolute Gasteiger partial charge is 0.385 e. The molecule has 0 radical (unpaired) electrons. The van der Waals surface area contributed by atoms with Crippen molar-refractivity contribution in [3.8, 4) is 0 Å². The van der Waals surface area contributed by atoms with Crippen molar-refractivity contribution in [2.75, 3.05) is 5.75 Å². The highest BCUT2D eigenvalue weighted by Gasteiger charge is 2.34. The highest BCUT2D eigenvalue weighted by Crippen LogP contribution is 2.35. The zero-order valence-corrected chi connectivity index (χ0v) is 17.0. The normalized spacial score (nSPS) is 14.3. The molecule has 2 unspecified atom stereocenters. The van der Waals surface area contributed by atoms with E-state index in [1.807, 2.05) is 24.3 Å². The second-order valence-corrected chi connectivity index (χ2v) is 8.70. The predicted octanol–water partition coefficient (Wildman–Crippen LogP) is 3.43. The number of nitrogens with two attached hydrogens (primary N) is 2. The summed E-state index contributed by atoms with van der Waals surface area (Å²) in [5, 5.41) is 11.2. The van der Waals surface area contributed by atoms with Crippen LogP contribution in [0.5, 0.6) is 0 Å². The number of hydrogen-bond acceptors (Lipinski definition) is 6. The summed E-state index contributed by atoms with van der Waals surface area (Å²) in [6.45, 7) is 7.49. The van der Waals surface area contributed by atoms with Gasteiger partial charge < -0.3 is 21.3 Å². The molecule has 0 saturated heterocycles. The summed E-state index contributed by atoms with van der Waals surface area (Å²) < 4.78 is 6.53. The second kappa shape index (κ2) is 10.9. The van der Waals surface area contributed by atoms with Gasteiger partial charge in [-0.3, -0.25) is 0 Å². The van der Waals surface area contributed by atoms with E-state index in [0.717, 1.165) is 17.3 Å². The van der Waals surface area contributed by atoms with Crippen molar-refractivity contribution in [3.05, 3.63) is 60.7 Å². The zero-order chi connectivity index (χ0) is 18.9. The van der Waals surface area contributed by atoms with Crippen molar-refractivity contribution in [2.45, 2.75) is 24.1 Å². The fraction of sp³-hybridized carbons (Fsp3) is 0.294. The van der Waals surface area contributed by atoms with E-state index in [-0.39, 0.29) is 15.1 Å². The lowest BCUT2D eigenvalue weighted by Crippen LogP contribution is -2.35. The fourth-order valence-corrected chi connectivity index (χ4v) is 4.08. The van der Waals surface area contributed by atoms with Crippen molar-refractivity contribution >= 4 is 56.6 Å². The Labute approximate surface area is 168 Å². The van der Waals surface area contributed by atoms with Gasteiger partial charge >= 0.3 is 0 Å². The molecule has 8 heteroatoms. The number of rotatable bonds is 10. The van der Waals surface area contributed by atoms with E-state index in [9.17, 15) is 5.11 Å². The topological polar surface area (TPSA) is 81.5 Å². The Morgan fingerprint density at radius 3 is 2.48 bits per heavy atom. The zero-order valence-electron chi connectivity index (χ0n) is 13.7. The molecule has 0 aliphatic rings. The van der Waals surface area contributed by atoms with Gasteiger partial charge in [-0.25, -0.2) is 0 Å². The van der Waals surface area contributed by atoms with Gasteiger partial charge in [-0.2, -0.15) is 0 Å². The number of thioether (sulfide) groups is 2. The molecule has 25 heavy (non-hydrogen) atoms. The Balaban J connectivity index is 3.16. The first-order chi connectivity index (χ1) is 11.8. The molecule has 4 nitrogen and oxygen atoms in total. The van der Waals surface area contributed by atoms with Crippen LogP contribution in [0.3, 0.4) is 0 Å². The molecule has 1 aromatic carbocycles. The number of thiocarbonyl (C=S) groups is 2. The number of allylic oxidation sites excluding steroid dienone is 1. The van der Waals surface area contributed by atoms with Crippen LogP contribution in [0.2, 0.25) is 0 Å². The minimum absolute atomic E-state index is 0.202. The molecule has 0 bridgehead atoms. The fourth-order valence-electron chi connectivity index (χ4n) is 2.24. The third-order valence-corrected chi connectivity index (χ3v) is 5.52. The highest BCUT2D eigenvalue weighted by atomic mass is 32.2.